The van der Waals surface area contributed by atoms with Crippen molar-refractivity contribution in [2.45, 2.75) is 6.54 Å². The normalized spacial score (nSPS) is 10.8. The fourth-order valence-corrected chi connectivity index (χ4v) is 1.89. The molecule has 0 aliphatic rings. The van der Waals surface area contributed by atoms with Crippen molar-refractivity contribution in [2.24, 2.45) is 0 Å². The predicted molar refractivity (Wildman–Crippen MR) is 62.7 cm³/mol. The van der Waals surface area contributed by atoms with E-state index in [1.54, 1.807) is 0 Å². The molecule has 2 aromatic rings. The Balaban J connectivity index is 3.02. The van der Waals surface area contributed by atoms with Crippen molar-refractivity contribution in [3.05, 3.63) is 45.5 Å². The van der Waals surface area contributed by atoms with Crippen molar-refractivity contribution >= 4 is 22.8 Å². The highest BCUT2D eigenvalue weighted by Crippen LogP contribution is 2.21. The molecule has 0 spiro atoms. The first-order valence-electron chi connectivity index (χ1n) is 5.39. The highest BCUT2D eigenvalue weighted by Gasteiger charge is 2.22. The lowest BCUT2D eigenvalue weighted by molar-refractivity contribution is -0.137. The minimum Gasteiger partial charge on any atom is -0.480 e. The average molecular weight is 301 g/mol. The second-order valence-electron chi connectivity index (χ2n) is 4.08. The molecule has 2 rings (SSSR count). The zero-order chi connectivity index (χ0) is 15.9. The van der Waals surface area contributed by atoms with Crippen LogP contribution in [0.25, 0.3) is 10.9 Å². The number of carbonyl (C=O) groups is 2. The lowest BCUT2D eigenvalue weighted by atomic mass is 10.1. The van der Waals surface area contributed by atoms with Gasteiger partial charge in [0, 0.05) is 6.20 Å². The Hall–Kier alpha value is -2.84. The molecule has 9 heteroatoms. The van der Waals surface area contributed by atoms with Crippen molar-refractivity contribution in [1.29, 1.82) is 0 Å². The molecule has 0 fully saturated rings. The molecule has 0 unspecified atom stereocenters. The fourth-order valence-electron chi connectivity index (χ4n) is 1.89. The van der Waals surface area contributed by atoms with Crippen LogP contribution in [-0.2, 0) is 11.3 Å². The summed E-state index contributed by atoms with van der Waals surface area (Å²) in [5, 5.41) is 16.8. The van der Waals surface area contributed by atoms with Crippen molar-refractivity contribution in [1.82, 2.24) is 4.57 Å². The number of halogens is 3. The number of aromatic carboxylic acids is 1. The number of rotatable bonds is 3. The molecule has 2 N–H and O–H groups in total. The molecule has 0 saturated heterocycles. The predicted octanol–water partition coefficient (Wildman–Crippen LogP) is 1.20. The van der Waals surface area contributed by atoms with E-state index in [1.807, 2.05) is 0 Å². The molecule has 0 aliphatic carbocycles. The van der Waals surface area contributed by atoms with Gasteiger partial charge in [-0.1, -0.05) is 0 Å². The van der Waals surface area contributed by atoms with E-state index < -0.39 is 57.8 Å². The van der Waals surface area contributed by atoms with Gasteiger partial charge >= 0.3 is 11.9 Å². The van der Waals surface area contributed by atoms with Crippen LogP contribution in [-0.4, -0.2) is 26.7 Å². The standard InChI is InChI=1S/C12H6F3NO5/c13-6-1-4-10(9(15)8(6)14)16(3-7(17)18)2-5(11(4)19)12(20)21/h1-2H,3H2,(H,17,18)(H,20,21). The molecule has 0 amide bonds. The summed E-state index contributed by atoms with van der Waals surface area (Å²) >= 11 is 0. The number of carboxylic acid groups (broad SMARTS) is 2. The maximum Gasteiger partial charge on any atom is 0.341 e. The fraction of sp³-hybridized carbons (Fsp3) is 0.0833. The van der Waals surface area contributed by atoms with Gasteiger partial charge in [0.15, 0.2) is 17.5 Å². The lowest BCUT2D eigenvalue weighted by Crippen LogP contribution is -2.22. The molecule has 0 bridgehead atoms. The van der Waals surface area contributed by atoms with E-state index in [4.69, 9.17) is 10.2 Å². The maximum atomic E-state index is 13.8. The molecule has 1 heterocycles. The third-order valence-electron chi connectivity index (χ3n) is 2.73. The molecule has 1 aromatic heterocycles. The molecule has 1 aromatic carbocycles. The molecular weight excluding hydrogens is 295 g/mol. The van der Waals surface area contributed by atoms with Gasteiger partial charge in [-0.15, -0.1) is 0 Å². The number of nitrogens with zero attached hydrogens (tertiary/aromatic N) is 1. The van der Waals surface area contributed by atoms with Gasteiger partial charge in [-0.05, 0) is 6.07 Å². The van der Waals surface area contributed by atoms with Crippen LogP contribution in [0.2, 0.25) is 0 Å². The number of pyridine rings is 1. The third-order valence-corrected chi connectivity index (χ3v) is 2.73. The van der Waals surface area contributed by atoms with Gasteiger partial charge in [-0.25, -0.2) is 18.0 Å². The quantitative estimate of drug-likeness (QED) is 0.830. The number of aliphatic carboxylic acids is 1. The van der Waals surface area contributed by atoms with E-state index in [1.165, 1.54) is 0 Å². The molecule has 6 nitrogen and oxygen atoms in total. The van der Waals surface area contributed by atoms with Crippen molar-refractivity contribution in [3.63, 3.8) is 0 Å². The molecule has 0 atom stereocenters. The van der Waals surface area contributed by atoms with E-state index in [-0.39, 0.29) is 0 Å². The Morgan fingerprint density at radius 1 is 1.14 bits per heavy atom. The maximum absolute atomic E-state index is 13.8. The van der Waals surface area contributed by atoms with E-state index in [9.17, 15) is 27.6 Å². The van der Waals surface area contributed by atoms with Gasteiger partial charge < -0.3 is 14.8 Å². The topological polar surface area (TPSA) is 96.6 Å². The summed E-state index contributed by atoms with van der Waals surface area (Å²) in [5.74, 6) is -8.52. The first-order valence-corrected chi connectivity index (χ1v) is 5.39. The molecular formula is C12H6F3NO5. The van der Waals surface area contributed by atoms with E-state index >= 15 is 0 Å². The van der Waals surface area contributed by atoms with Crippen LogP contribution in [0.1, 0.15) is 10.4 Å². The summed E-state index contributed by atoms with van der Waals surface area (Å²) in [6.07, 6.45) is 0.571. The summed E-state index contributed by atoms with van der Waals surface area (Å²) in [7, 11) is 0. The van der Waals surface area contributed by atoms with Crippen LogP contribution in [0.3, 0.4) is 0 Å². The zero-order valence-corrected chi connectivity index (χ0v) is 10.1. The third kappa shape index (κ3) is 2.33. The van der Waals surface area contributed by atoms with Gasteiger partial charge in [0.1, 0.15) is 12.1 Å². The number of fused-ring (bicyclic) bond motifs is 1. The molecule has 0 radical (unpaired) electrons. The highest BCUT2D eigenvalue weighted by atomic mass is 19.2. The SMILES string of the molecule is O=C(O)Cn1cc(C(=O)O)c(=O)c2cc(F)c(F)c(F)c21. The molecule has 110 valence electrons. The van der Waals surface area contributed by atoms with Gasteiger partial charge in [0.05, 0.1) is 10.9 Å². The van der Waals surface area contributed by atoms with Crippen molar-refractivity contribution in [2.75, 3.05) is 0 Å². The molecule has 0 aliphatic heterocycles. The lowest BCUT2D eigenvalue weighted by Gasteiger charge is -2.11. The zero-order valence-electron chi connectivity index (χ0n) is 10.1. The van der Waals surface area contributed by atoms with Gasteiger partial charge in [0.2, 0.25) is 5.43 Å². The summed E-state index contributed by atoms with van der Waals surface area (Å²) < 4.78 is 40.7. The average Bonchev–Trinajstić information content (AvgIpc) is 2.38. The van der Waals surface area contributed by atoms with E-state index in [0.29, 0.717) is 16.8 Å². The van der Waals surface area contributed by atoms with Crippen LogP contribution in [0.4, 0.5) is 13.2 Å². The molecule has 21 heavy (non-hydrogen) atoms. The second kappa shape index (κ2) is 4.93. The first kappa shape index (κ1) is 14.6. The smallest absolute Gasteiger partial charge is 0.341 e. The second-order valence-corrected chi connectivity index (χ2v) is 4.08. The summed E-state index contributed by atoms with van der Waals surface area (Å²) in [4.78, 5) is 33.4. The Morgan fingerprint density at radius 3 is 2.29 bits per heavy atom. The van der Waals surface area contributed by atoms with Gasteiger partial charge in [-0.2, -0.15) is 0 Å². The Labute approximate surface area is 113 Å². The number of benzene rings is 1. The highest BCUT2D eigenvalue weighted by molar-refractivity contribution is 5.93. The number of aromatic nitrogens is 1. The Morgan fingerprint density at radius 2 is 1.76 bits per heavy atom. The van der Waals surface area contributed by atoms with E-state index in [0.717, 1.165) is 0 Å². The first-order chi connectivity index (χ1) is 9.73. The summed E-state index contributed by atoms with van der Waals surface area (Å²) in [5.41, 5.74) is -2.93. The largest absolute Gasteiger partial charge is 0.480 e. The van der Waals surface area contributed by atoms with Crippen LogP contribution in [0.15, 0.2) is 17.1 Å². The van der Waals surface area contributed by atoms with Crippen molar-refractivity contribution in [3.8, 4) is 0 Å². The number of carboxylic acids is 2. The minimum atomic E-state index is -1.89. The van der Waals surface area contributed by atoms with Gasteiger partial charge in [0.25, 0.3) is 0 Å². The Bertz CT molecular complexity index is 843. The number of hydrogen-bond acceptors (Lipinski definition) is 3. The molecule has 0 saturated carbocycles. The summed E-state index contributed by atoms with van der Waals surface area (Å²) in [6.45, 7) is -0.931. The minimum absolute atomic E-state index is 0.334. The summed E-state index contributed by atoms with van der Waals surface area (Å²) in [6, 6.07) is 0.334. The van der Waals surface area contributed by atoms with E-state index in [2.05, 4.69) is 0 Å². The van der Waals surface area contributed by atoms with Crippen LogP contribution in [0, 0.1) is 17.5 Å². The van der Waals surface area contributed by atoms with Crippen LogP contribution >= 0.6 is 0 Å². The van der Waals surface area contributed by atoms with Gasteiger partial charge in [-0.3, -0.25) is 9.59 Å². The monoisotopic (exact) mass is 301 g/mol. The van der Waals surface area contributed by atoms with Crippen molar-refractivity contribution < 1.29 is 33.0 Å². The Kier molecular flexibility index (Phi) is 3.42. The van der Waals surface area contributed by atoms with Crippen LogP contribution < -0.4 is 5.43 Å². The van der Waals surface area contributed by atoms with Crippen LogP contribution in [0.5, 0.6) is 0 Å². The number of hydrogen-bond donors (Lipinski definition) is 2.